The molecule has 1 amide bonds. The molecule has 0 heterocycles. The van der Waals surface area contributed by atoms with Gasteiger partial charge in [-0.1, -0.05) is 31.5 Å². The van der Waals surface area contributed by atoms with Crippen LogP contribution in [0, 0.1) is 12.8 Å². The lowest BCUT2D eigenvalue weighted by Gasteiger charge is -2.13. The number of carbonyl (C=O) groups excluding carboxylic acids is 1. The number of halogens is 1. The number of hydrogen-bond donors (Lipinski definition) is 2. The largest absolute Gasteiger partial charge is 0.352 e. The first-order valence-electron chi connectivity index (χ1n) is 7.86. The number of nitrogens with one attached hydrogen (secondary N) is 2. The maximum atomic E-state index is 12.5. The van der Waals surface area contributed by atoms with Crippen LogP contribution < -0.4 is 10.0 Å². The number of sulfonamides is 1. The second-order valence-electron chi connectivity index (χ2n) is 6.19. The molecule has 0 atom stereocenters. The van der Waals surface area contributed by atoms with E-state index in [2.05, 4.69) is 10.0 Å². The summed E-state index contributed by atoms with van der Waals surface area (Å²) in [7, 11) is -3.76. The normalized spacial score (nSPS) is 11.4. The van der Waals surface area contributed by atoms with Gasteiger partial charge in [0.25, 0.3) is 15.9 Å². The molecule has 0 aliphatic heterocycles. The first-order valence-corrected chi connectivity index (χ1v) is 9.72. The molecule has 0 aliphatic rings. The van der Waals surface area contributed by atoms with Gasteiger partial charge in [-0.2, -0.15) is 0 Å². The first-order chi connectivity index (χ1) is 11.7. The van der Waals surface area contributed by atoms with Gasteiger partial charge in [0.2, 0.25) is 0 Å². The fourth-order valence-electron chi connectivity index (χ4n) is 2.09. The molecule has 0 aliphatic carbocycles. The summed E-state index contributed by atoms with van der Waals surface area (Å²) in [5.41, 5.74) is 1.49. The molecule has 5 nitrogen and oxygen atoms in total. The number of hydrogen-bond acceptors (Lipinski definition) is 3. The van der Waals surface area contributed by atoms with Crippen molar-refractivity contribution in [3.63, 3.8) is 0 Å². The Hall–Kier alpha value is -2.05. The lowest BCUT2D eigenvalue weighted by Crippen LogP contribution is -2.27. The van der Waals surface area contributed by atoms with Gasteiger partial charge in [-0.25, -0.2) is 8.42 Å². The van der Waals surface area contributed by atoms with Gasteiger partial charge in [0.1, 0.15) is 0 Å². The zero-order chi connectivity index (χ0) is 18.6. The maximum Gasteiger partial charge on any atom is 0.261 e. The molecule has 0 saturated heterocycles. The fourth-order valence-corrected chi connectivity index (χ4v) is 3.34. The van der Waals surface area contributed by atoms with Gasteiger partial charge in [0.15, 0.2) is 0 Å². The molecular weight excluding hydrogens is 360 g/mol. The van der Waals surface area contributed by atoms with Crippen LogP contribution in [0.3, 0.4) is 0 Å². The van der Waals surface area contributed by atoms with E-state index >= 15 is 0 Å². The van der Waals surface area contributed by atoms with Crippen molar-refractivity contribution in [1.82, 2.24) is 5.32 Å². The molecule has 7 heteroatoms. The Balaban J connectivity index is 2.25. The van der Waals surface area contributed by atoms with Crippen LogP contribution in [0.15, 0.2) is 47.4 Å². The van der Waals surface area contributed by atoms with Crippen LogP contribution in [-0.2, 0) is 10.0 Å². The number of carbonyl (C=O) groups is 1. The zero-order valence-electron chi connectivity index (χ0n) is 14.3. The summed E-state index contributed by atoms with van der Waals surface area (Å²) >= 11 is 5.79. The van der Waals surface area contributed by atoms with Gasteiger partial charge in [0.05, 0.1) is 10.6 Å². The Kier molecular flexibility index (Phi) is 6.08. The lowest BCUT2D eigenvalue weighted by molar-refractivity contribution is 0.0949. The van der Waals surface area contributed by atoms with E-state index in [1.807, 2.05) is 13.8 Å². The highest BCUT2D eigenvalue weighted by atomic mass is 35.5. The van der Waals surface area contributed by atoms with E-state index in [1.165, 1.54) is 24.3 Å². The maximum absolute atomic E-state index is 12.5. The molecule has 134 valence electrons. The van der Waals surface area contributed by atoms with Crippen molar-refractivity contribution in [2.24, 2.45) is 5.92 Å². The van der Waals surface area contributed by atoms with Crippen LogP contribution in [0.4, 0.5) is 5.69 Å². The van der Waals surface area contributed by atoms with Gasteiger partial charge in [-0.3, -0.25) is 9.52 Å². The van der Waals surface area contributed by atoms with Crippen molar-refractivity contribution in [3.05, 3.63) is 58.6 Å². The fraction of sp³-hybridized carbons (Fsp3) is 0.278. The third-order valence-electron chi connectivity index (χ3n) is 3.54. The molecule has 0 bridgehead atoms. The Morgan fingerprint density at radius 1 is 1.12 bits per heavy atom. The third-order valence-corrected chi connectivity index (χ3v) is 5.17. The van der Waals surface area contributed by atoms with Gasteiger partial charge >= 0.3 is 0 Å². The topological polar surface area (TPSA) is 75.3 Å². The van der Waals surface area contributed by atoms with Crippen LogP contribution in [0.2, 0.25) is 5.02 Å². The summed E-state index contributed by atoms with van der Waals surface area (Å²) in [6.07, 6.45) is 0. The number of aryl methyl sites for hydroxylation is 1. The number of rotatable bonds is 6. The van der Waals surface area contributed by atoms with Gasteiger partial charge in [-0.05, 0) is 54.8 Å². The van der Waals surface area contributed by atoms with Gasteiger partial charge in [0, 0.05) is 17.1 Å². The highest BCUT2D eigenvalue weighted by Gasteiger charge is 2.16. The predicted octanol–water partition coefficient (Wildman–Crippen LogP) is 3.84. The lowest BCUT2D eigenvalue weighted by atomic mass is 10.1. The molecule has 25 heavy (non-hydrogen) atoms. The molecule has 2 aromatic carbocycles. The minimum Gasteiger partial charge on any atom is -0.352 e. The summed E-state index contributed by atoms with van der Waals surface area (Å²) in [5.74, 6) is 0.0953. The van der Waals surface area contributed by atoms with E-state index in [4.69, 9.17) is 11.6 Å². The van der Waals surface area contributed by atoms with E-state index in [-0.39, 0.29) is 10.8 Å². The minimum absolute atomic E-state index is 0.103. The van der Waals surface area contributed by atoms with E-state index in [0.29, 0.717) is 28.7 Å². The van der Waals surface area contributed by atoms with Crippen LogP contribution >= 0.6 is 11.6 Å². The van der Waals surface area contributed by atoms with E-state index < -0.39 is 10.0 Å². The second kappa shape index (κ2) is 7.89. The average Bonchev–Trinajstić information content (AvgIpc) is 2.54. The Bertz CT molecular complexity index is 862. The van der Waals surface area contributed by atoms with Crippen LogP contribution in [0.25, 0.3) is 0 Å². The van der Waals surface area contributed by atoms with Crippen molar-refractivity contribution in [2.75, 3.05) is 11.3 Å². The molecule has 0 fully saturated rings. The van der Waals surface area contributed by atoms with Crippen LogP contribution in [0.5, 0.6) is 0 Å². The molecule has 0 spiro atoms. The van der Waals surface area contributed by atoms with Crippen molar-refractivity contribution in [3.8, 4) is 0 Å². The monoisotopic (exact) mass is 380 g/mol. The summed E-state index contributed by atoms with van der Waals surface area (Å²) in [6, 6.07) is 10.8. The number of amides is 1. The summed E-state index contributed by atoms with van der Waals surface area (Å²) in [4.78, 5) is 12.3. The van der Waals surface area contributed by atoms with Crippen molar-refractivity contribution in [2.45, 2.75) is 25.7 Å². The molecule has 0 radical (unpaired) electrons. The minimum atomic E-state index is -3.76. The standard InChI is InChI=1S/C18H21ClN2O3S/c1-12(2)11-20-18(22)14-5-4-13(3)17(10-14)21-25(23,24)16-8-6-15(19)7-9-16/h4-10,12,21H,11H2,1-3H3,(H,20,22). The molecule has 2 rings (SSSR count). The van der Waals surface area contributed by atoms with Crippen LogP contribution in [-0.4, -0.2) is 20.9 Å². The highest BCUT2D eigenvalue weighted by Crippen LogP contribution is 2.22. The zero-order valence-corrected chi connectivity index (χ0v) is 15.9. The van der Waals surface area contributed by atoms with Crippen LogP contribution in [0.1, 0.15) is 29.8 Å². The molecule has 0 aromatic heterocycles. The van der Waals surface area contributed by atoms with Gasteiger partial charge in [-0.15, -0.1) is 0 Å². The van der Waals surface area contributed by atoms with Crippen molar-refractivity contribution in [1.29, 1.82) is 0 Å². The Morgan fingerprint density at radius 3 is 2.36 bits per heavy atom. The van der Waals surface area contributed by atoms with E-state index in [0.717, 1.165) is 5.56 Å². The molecule has 0 saturated carbocycles. The second-order valence-corrected chi connectivity index (χ2v) is 8.31. The highest BCUT2D eigenvalue weighted by molar-refractivity contribution is 7.92. The summed E-state index contributed by atoms with van der Waals surface area (Å²) in [6.45, 7) is 6.33. The molecule has 0 unspecified atom stereocenters. The van der Waals surface area contributed by atoms with E-state index in [9.17, 15) is 13.2 Å². The molecule has 2 aromatic rings. The SMILES string of the molecule is Cc1ccc(C(=O)NCC(C)C)cc1NS(=O)(=O)c1ccc(Cl)cc1. The predicted molar refractivity (Wildman–Crippen MR) is 101 cm³/mol. The molecular formula is C18H21ClN2O3S. The number of anilines is 1. The third kappa shape index (κ3) is 5.21. The Labute approximate surface area is 153 Å². The smallest absolute Gasteiger partial charge is 0.261 e. The first kappa shape index (κ1) is 19.3. The van der Waals surface area contributed by atoms with Crippen molar-refractivity contribution >= 4 is 33.2 Å². The van der Waals surface area contributed by atoms with E-state index in [1.54, 1.807) is 25.1 Å². The summed E-state index contributed by atoms with van der Waals surface area (Å²) in [5, 5.41) is 3.27. The van der Waals surface area contributed by atoms with Crippen molar-refractivity contribution < 1.29 is 13.2 Å². The number of benzene rings is 2. The molecule has 2 N–H and O–H groups in total. The average molecular weight is 381 g/mol. The Morgan fingerprint density at radius 2 is 1.76 bits per heavy atom. The quantitative estimate of drug-likeness (QED) is 0.799. The van der Waals surface area contributed by atoms with Gasteiger partial charge < -0.3 is 5.32 Å². The summed E-state index contributed by atoms with van der Waals surface area (Å²) < 4.78 is 27.5.